The van der Waals surface area contributed by atoms with E-state index in [0.29, 0.717) is 24.7 Å². The first-order valence-electron chi connectivity index (χ1n) is 8.66. The molecule has 1 saturated heterocycles. The van der Waals surface area contributed by atoms with Gasteiger partial charge in [0.1, 0.15) is 0 Å². The van der Waals surface area contributed by atoms with Crippen LogP contribution in [0.3, 0.4) is 0 Å². The van der Waals surface area contributed by atoms with Crippen LogP contribution in [0.1, 0.15) is 32.1 Å². The van der Waals surface area contributed by atoms with Gasteiger partial charge in [-0.15, -0.1) is 0 Å². The molecule has 1 aromatic carbocycles. The van der Waals surface area contributed by atoms with Gasteiger partial charge in [0.15, 0.2) is 0 Å². The van der Waals surface area contributed by atoms with Crippen LogP contribution < -0.4 is 5.32 Å². The number of aromatic nitrogens is 1. The number of carbonyl (C=O) groups is 2. The van der Waals surface area contributed by atoms with Gasteiger partial charge in [-0.3, -0.25) is 14.6 Å². The van der Waals surface area contributed by atoms with Gasteiger partial charge in [0.05, 0.1) is 17.1 Å². The maximum absolute atomic E-state index is 12.6. The Labute approximate surface area is 141 Å². The summed E-state index contributed by atoms with van der Waals surface area (Å²) in [5.74, 6) is -0.225. The number of rotatable bonds is 3. The lowest BCUT2D eigenvalue weighted by Crippen LogP contribution is -2.35. The lowest BCUT2D eigenvalue weighted by atomic mass is 10.1. The Balaban J connectivity index is 1.49. The number of pyridine rings is 1. The lowest BCUT2D eigenvalue weighted by Gasteiger charge is -2.23. The molecule has 5 nitrogen and oxygen atoms in total. The highest BCUT2D eigenvalue weighted by Gasteiger charge is 2.38. The number of nitrogens with one attached hydrogen (secondary N) is 1. The van der Waals surface area contributed by atoms with E-state index in [4.69, 9.17) is 0 Å². The topological polar surface area (TPSA) is 62.3 Å². The van der Waals surface area contributed by atoms with Gasteiger partial charge >= 0.3 is 0 Å². The third kappa shape index (κ3) is 2.75. The smallest absolute Gasteiger partial charge is 0.229 e. The third-order valence-electron chi connectivity index (χ3n) is 5.19. The second-order valence-electron chi connectivity index (χ2n) is 6.76. The first-order chi connectivity index (χ1) is 11.7. The van der Waals surface area contributed by atoms with Gasteiger partial charge in [-0.25, -0.2) is 0 Å². The minimum Gasteiger partial charge on any atom is -0.339 e. The number of para-hydroxylation sites is 1. The summed E-state index contributed by atoms with van der Waals surface area (Å²) in [7, 11) is 0. The van der Waals surface area contributed by atoms with E-state index in [1.54, 1.807) is 6.20 Å². The fraction of sp³-hybridized carbons (Fsp3) is 0.421. The molecule has 1 N–H and O–H groups in total. The Morgan fingerprint density at radius 3 is 2.79 bits per heavy atom. The quantitative estimate of drug-likeness (QED) is 0.944. The Hall–Kier alpha value is -2.43. The van der Waals surface area contributed by atoms with E-state index in [1.165, 1.54) is 12.8 Å². The Morgan fingerprint density at radius 1 is 1.17 bits per heavy atom. The van der Waals surface area contributed by atoms with Crippen molar-refractivity contribution in [1.29, 1.82) is 0 Å². The van der Waals surface area contributed by atoms with E-state index in [9.17, 15) is 9.59 Å². The molecule has 1 aromatic heterocycles. The average Bonchev–Trinajstić information content (AvgIpc) is 3.24. The molecular formula is C19H21N3O2. The van der Waals surface area contributed by atoms with Crippen molar-refractivity contribution in [3.05, 3.63) is 36.5 Å². The number of amides is 2. The monoisotopic (exact) mass is 323 g/mol. The number of benzene rings is 1. The Morgan fingerprint density at radius 2 is 1.96 bits per heavy atom. The van der Waals surface area contributed by atoms with E-state index >= 15 is 0 Å². The third-order valence-corrected chi connectivity index (χ3v) is 5.19. The molecule has 0 bridgehead atoms. The summed E-state index contributed by atoms with van der Waals surface area (Å²) in [6.45, 7) is 0.549. The molecule has 24 heavy (non-hydrogen) atoms. The highest BCUT2D eigenvalue weighted by Crippen LogP contribution is 2.30. The SMILES string of the molecule is O=C(Nc1cccc2cccnc12)C1CC(=O)N(C2CCCC2)C1. The van der Waals surface area contributed by atoms with Crippen LogP contribution in [0.5, 0.6) is 0 Å². The summed E-state index contributed by atoms with van der Waals surface area (Å²) < 4.78 is 0. The van der Waals surface area contributed by atoms with E-state index in [0.717, 1.165) is 23.7 Å². The largest absolute Gasteiger partial charge is 0.339 e. The van der Waals surface area contributed by atoms with Crippen LogP contribution in [-0.2, 0) is 9.59 Å². The van der Waals surface area contributed by atoms with Crippen LogP contribution in [0.2, 0.25) is 0 Å². The number of carbonyl (C=O) groups excluding carboxylic acids is 2. The maximum atomic E-state index is 12.6. The summed E-state index contributed by atoms with van der Waals surface area (Å²) in [6, 6.07) is 9.93. The molecule has 1 unspecified atom stereocenters. The predicted molar refractivity (Wildman–Crippen MR) is 92.4 cm³/mol. The van der Waals surface area contributed by atoms with Crippen molar-refractivity contribution in [2.45, 2.75) is 38.1 Å². The fourth-order valence-corrected chi connectivity index (χ4v) is 3.92. The van der Waals surface area contributed by atoms with Crippen LogP contribution in [-0.4, -0.2) is 34.3 Å². The first kappa shape index (κ1) is 15.1. The molecule has 2 amide bonds. The molecule has 5 heteroatoms. The van der Waals surface area contributed by atoms with Gasteiger partial charge in [0, 0.05) is 30.6 Å². The molecule has 2 aromatic rings. The Kier molecular flexibility index (Phi) is 3.92. The first-order valence-corrected chi connectivity index (χ1v) is 8.66. The molecule has 2 heterocycles. The van der Waals surface area contributed by atoms with Gasteiger partial charge in [0.25, 0.3) is 0 Å². The van der Waals surface area contributed by atoms with Crippen molar-refractivity contribution in [2.75, 3.05) is 11.9 Å². The van der Waals surface area contributed by atoms with Crippen molar-refractivity contribution in [2.24, 2.45) is 5.92 Å². The van der Waals surface area contributed by atoms with Crippen LogP contribution in [0.15, 0.2) is 36.5 Å². The molecule has 2 fully saturated rings. The van der Waals surface area contributed by atoms with Crippen molar-refractivity contribution in [3.8, 4) is 0 Å². The van der Waals surface area contributed by atoms with Crippen LogP contribution in [0.25, 0.3) is 10.9 Å². The molecule has 4 rings (SSSR count). The molecular weight excluding hydrogens is 302 g/mol. The van der Waals surface area contributed by atoms with Crippen LogP contribution in [0.4, 0.5) is 5.69 Å². The number of anilines is 1. The zero-order chi connectivity index (χ0) is 16.5. The summed E-state index contributed by atoms with van der Waals surface area (Å²) in [5, 5.41) is 3.97. The fourth-order valence-electron chi connectivity index (χ4n) is 3.92. The normalized spacial score (nSPS) is 21.6. The van der Waals surface area contributed by atoms with Gasteiger partial charge in [-0.1, -0.05) is 31.0 Å². The summed E-state index contributed by atoms with van der Waals surface area (Å²) in [6.07, 6.45) is 6.57. The predicted octanol–water partition coefficient (Wildman–Crippen LogP) is 2.96. The van der Waals surface area contributed by atoms with E-state index in [2.05, 4.69) is 10.3 Å². The highest BCUT2D eigenvalue weighted by atomic mass is 16.2. The second kappa shape index (κ2) is 6.23. The number of nitrogens with zero attached hydrogens (tertiary/aromatic N) is 2. The zero-order valence-electron chi connectivity index (χ0n) is 13.6. The minimum absolute atomic E-state index is 0.0815. The number of fused-ring (bicyclic) bond motifs is 1. The van der Waals surface area contributed by atoms with Crippen molar-refractivity contribution in [3.63, 3.8) is 0 Å². The highest BCUT2D eigenvalue weighted by molar-refractivity contribution is 6.03. The van der Waals surface area contributed by atoms with Crippen LogP contribution >= 0.6 is 0 Å². The summed E-state index contributed by atoms with van der Waals surface area (Å²) in [4.78, 5) is 31.2. The van der Waals surface area contributed by atoms with Gasteiger partial charge in [-0.05, 0) is 25.0 Å². The van der Waals surface area contributed by atoms with Gasteiger partial charge in [0.2, 0.25) is 11.8 Å². The molecule has 0 radical (unpaired) electrons. The number of likely N-dealkylation sites (tertiary alicyclic amines) is 1. The number of hydrogen-bond acceptors (Lipinski definition) is 3. The number of hydrogen-bond donors (Lipinski definition) is 1. The second-order valence-corrected chi connectivity index (χ2v) is 6.76. The van der Waals surface area contributed by atoms with E-state index in [-0.39, 0.29) is 17.7 Å². The van der Waals surface area contributed by atoms with E-state index < -0.39 is 0 Å². The summed E-state index contributed by atoms with van der Waals surface area (Å²) in [5.41, 5.74) is 1.50. The van der Waals surface area contributed by atoms with Crippen molar-refractivity contribution < 1.29 is 9.59 Å². The molecule has 1 aliphatic heterocycles. The molecule has 1 atom stereocenters. The van der Waals surface area contributed by atoms with Gasteiger partial charge in [-0.2, -0.15) is 0 Å². The van der Waals surface area contributed by atoms with Crippen molar-refractivity contribution in [1.82, 2.24) is 9.88 Å². The zero-order valence-corrected chi connectivity index (χ0v) is 13.6. The molecule has 124 valence electrons. The molecule has 2 aliphatic rings. The summed E-state index contributed by atoms with van der Waals surface area (Å²) >= 11 is 0. The molecule has 1 saturated carbocycles. The molecule has 0 spiro atoms. The molecule has 1 aliphatic carbocycles. The maximum Gasteiger partial charge on any atom is 0.229 e. The van der Waals surface area contributed by atoms with Crippen LogP contribution in [0, 0.1) is 5.92 Å². The van der Waals surface area contributed by atoms with Crippen molar-refractivity contribution >= 4 is 28.4 Å². The minimum atomic E-state index is -0.267. The van der Waals surface area contributed by atoms with E-state index in [1.807, 2.05) is 35.2 Å². The average molecular weight is 323 g/mol. The standard InChI is InChI=1S/C19H21N3O2/c23-17-11-14(12-22(17)15-7-1-2-8-15)19(24)21-16-9-3-5-13-6-4-10-20-18(13)16/h3-6,9-10,14-15H,1-2,7-8,11-12H2,(H,21,24). The Bertz CT molecular complexity index is 778. The van der Waals surface area contributed by atoms with Gasteiger partial charge < -0.3 is 10.2 Å². The lowest BCUT2D eigenvalue weighted by molar-refractivity contribution is -0.129.